The number of carboxylic acids is 1. The van der Waals surface area contributed by atoms with Crippen LogP contribution in [-0.4, -0.2) is 33.7 Å². The fourth-order valence-corrected chi connectivity index (χ4v) is 2.90. The van der Waals surface area contributed by atoms with Crippen molar-refractivity contribution in [2.75, 3.05) is 0 Å². The van der Waals surface area contributed by atoms with Crippen molar-refractivity contribution in [1.29, 1.82) is 0 Å². The Labute approximate surface area is 148 Å². The summed E-state index contributed by atoms with van der Waals surface area (Å²) in [6.07, 6.45) is 0.905. The second-order valence-corrected chi connectivity index (χ2v) is 7.82. The number of nitrogens with zero attached hydrogens (tertiary/aromatic N) is 1. The molecule has 0 aromatic heterocycles. The molecule has 0 aliphatic heterocycles. The summed E-state index contributed by atoms with van der Waals surface area (Å²) >= 11 is 9.35. The molecule has 1 saturated carbocycles. The molecular weight excluding hydrogens is 386 g/mol. The molecule has 1 aliphatic carbocycles. The van der Waals surface area contributed by atoms with Gasteiger partial charge < -0.3 is 9.84 Å². The summed E-state index contributed by atoms with van der Waals surface area (Å²) in [5, 5.41) is 10.1. The predicted molar refractivity (Wildman–Crippen MR) is 90.6 cm³/mol. The molecule has 126 valence electrons. The van der Waals surface area contributed by atoms with Crippen LogP contribution in [0.5, 0.6) is 0 Å². The zero-order valence-corrected chi connectivity index (χ0v) is 15.5. The van der Waals surface area contributed by atoms with Crippen LogP contribution in [0.2, 0.25) is 5.02 Å². The van der Waals surface area contributed by atoms with Gasteiger partial charge in [0.2, 0.25) is 0 Å². The van der Waals surface area contributed by atoms with E-state index in [4.69, 9.17) is 16.3 Å². The topological polar surface area (TPSA) is 66.8 Å². The quantitative estimate of drug-likeness (QED) is 0.794. The van der Waals surface area contributed by atoms with Crippen LogP contribution in [0.3, 0.4) is 0 Å². The van der Waals surface area contributed by atoms with Crippen LogP contribution in [-0.2, 0) is 9.53 Å². The minimum Gasteiger partial charge on any atom is -0.479 e. The van der Waals surface area contributed by atoms with Gasteiger partial charge in [-0.05, 0) is 51.8 Å². The minimum absolute atomic E-state index is 0.128. The lowest BCUT2D eigenvalue weighted by Gasteiger charge is -2.32. The third-order valence-electron chi connectivity index (χ3n) is 3.31. The molecule has 1 atom stereocenters. The SMILES string of the molecule is CC(C)(C)OC(=O)N(C1CC1)C(C(=O)O)c1cc(Cl)ccc1Br. The number of carbonyl (C=O) groups is 2. The Kier molecular flexibility index (Phi) is 5.26. The summed E-state index contributed by atoms with van der Waals surface area (Å²) in [4.78, 5) is 25.8. The van der Waals surface area contributed by atoms with Crippen molar-refractivity contribution in [3.05, 3.63) is 33.3 Å². The first-order valence-corrected chi connectivity index (χ1v) is 8.46. The Hall–Kier alpha value is -1.27. The van der Waals surface area contributed by atoms with Crippen molar-refractivity contribution in [2.24, 2.45) is 0 Å². The van der Waals surface area contributed by atoms with Gasteiger partial charge in [-0.1, -0.05) is 27.5 Å². The molecule has 1 unspecified atom stereocenters. The van der Waals surface area contributed by atoms with Crippen molar-refractivity contribution in [1.82, 2.24) is 4.90 Å². The van der Waals surface area contributed by atoms with E-state index in [1.54, 1.807) is 39.0 Å². The molecule has 23 heavy (non-hydrogen) atoms. The molecule has 5 nitrogen and oxygen atoms in total. The zero-order chi connectivity index (χ0) is 17.4. The third kappa shape index (κ3) is 4.61. The minimum atomic E-state index is -1.15. The summed E-state index contributed by atoms with van der Waals surface area (Å²) in [6.45, 7) is 5.25. The van der Waals surface area contributed by atoms with Gasteiger partial charge in [0.25, 0.3) is 0 Å². The lowest BCUT2D eigenvalue weighted by Crippen LogP contribution is -2.43. The lowest BCUT2D eigenvalue weighted by molar-refractivity contribution is -0.143. The van der Waals surface area contributed by atoms with Gasteiger partial charge in [-0.3, -0.25) is 4.90 Å². The molecule has 1 fully saturated rings. The maximum atomic E-state index is 12.5. The summed E-state index contributed by atoms with van der Waals surface area (Å²) in [5.41, 5.74) is -0.262. The van der Waals surface area contributed by atoms with Crippen LogP contribution in [0.1, 0.15) is 45.2 Å². The van der Waals surface area contributed by atoms with E-state index in [-0.39, 0.29) is 6.04 Å². The maximum absolute atomic E-state index is 12.5. The van der Waals surface area contributed by atoms with Crippen LogP contribution in [0.4, 0.5) is 4.79 Å². The molecule has 0 saturated heterocycles. The van der Waals surface area contributed by atoms with E-state index in [9.17, 15) is 14.7 Å². The van der Waals surface area contributed by atoms with Crippen LogP contribution >= 0.6 is 27.5 Å². The number of rotatable bonds is 4. The maximum Gasteiger partial charge on any atom is 0.411 e. The second-order valence-electron chi connectivity index (χ2n) is 6.53. The van der Waals surface area contributed by atoms with Gasteiger partial charge >= 0.3 is 12.1 Å². The fraction of sp³-hybridized carbons (Fsp3) is 0.500. The summed E-state index contributed by atoms with van der Waals surface area (Å²) < 4.78 is 5.99. The molecule has 1 amide bonds. The lowest BCUT2D eigenvalue weighted by atomic mass is 10.1. The predicted octanol–water partition coefficient (Wildman–Crippen LogP) is 4.63. The smallest absolute Gasteiger partial charge is 0.411 e. The highest BCUT2D eigenvalue weighted by atomic mass is 79.9. The third-order valence-corrected chi connectivity index (χ3v) is 4.27. The van der Waals surface area contributed by atoms with Gasteiger partial charge in [0.1, 0.15) is 5.60 Å². The van der Waals surface area contributed by atoms with Crippen LogP contribution in [0.15, 0.2) is 22.7 Å². The number of carbonyl (C=O) groups excluding carboxylic acids is 1. The van der Waals surface area contributed by atoms with Crippen LogP contribution < -0.4 is 0 Å². The average molecular weight is 405 g/mol. The summed E-state index contributed by atoms with van der Waals surface area (Å²) in [7, 11) is 0. The largest absolute Gasteiger partial charge is 0.479 e. The van der Waals surface area contributed by atoms with E-state index in [0.29, 0.717) is 15.1 Å². The van der Waals surface area contributed by atoms with Crippen molar-refractivity contribution in [3.8, 4) is 0 Å². The van der Waals surface area contributed by atoms with Crippen LogP contribution in [0.25, 0.3) is 0 Å². The molecule has 1 aliphatic rings. The first-order chi connectivity index (χ1) is 10.6. The highest BCUT2D eigenvalue weighted by Gasteiger charge is 2.44. The highest BCUT2D eigenvalue weighted by Crippen LogP contribution is 2.39. The van der Waals surface area contributed by atoms with Gasteiger partial charge in [0, 0.05) is 21.1 Å². The van der Waals surface area contributed by atoms with E-state index in [2.05, 4.69) is 15.9 Å². The molecule has 2 rings (SSSR count). The molecule has 0 heterocycles. The van der Waals surface area contributed by atoms with E-state index in [0.717, 1.165) is 12.8 Å². The first-order valence-electron chi connectivity index (χ1n) is 7.29. The molecule has 0 radical (unpaired) electrons. The number of hydrogen-bond acceptors (Lipinski definition) is 3. The van der Waals surface area contributed by atoms with Gasteiger partial charge in [-0.2, -0.15) is 0 Å². The molecule has 7 heteroatoms. The first kappa shape index (κ1) is 18.1. The number of benzene rings is 1. The van der Waals surface area contributed by atoms with E-state index < -0.39 is 23.7 Å². The Balaban J connectivity index is 2.42. The number of amides is 1. The van der Waals surface area contributed by atoms with Crippen molar-refractivity contribution >= 4 is 39.6 Å². The fourth-order valence-electron chi connectivity index (χ4n) is 2.26. The molecule has 1 N–H and O–H groups in total. The summed E-state index contributed by atoms with van der Waals surface area (Å²) in [6, 6.07) is 3.61. The molecular formula is C16H19BrClNO4. The van der Waals surface area contributed by atoms with Crippen molar-refractivity contribution in [2.45, 2.75) is 51.3 Å². The number of ether oxygens (including phenoxy) is 1. The standard InChI is InChI=1S/C16H19BrClNO4/c1-16(2,3)23-15(22)19(10-5-6-10)13(14(20)21)11-8-9(18)4-7-12(11)17/h4,7-8,10,13H,5-6H2,1-3H3,(H,20,21). The number of carboxylic acid groups (broad SMARTS) is 1. The second kappa shape index (κ2) is 6.69. The van der Waals surface area contributed by atoms with Gasteiger partial charge in [0.15, 0.2) is 6.04 Å². The Morgan fingerprint density at radius 2 is 2.00 bits per heavy atom. The molecule has 1 aromatic carbocycles. The van der Waals surface area contributed by atoms with Gasteiger partial charge in [-0.15, -0.1) is 0 Å². The van der Waals surface area contributed by atoms with Crippen molar-refractivity contribution < 1.29 is 19.4 Å². The van der Waals surface area contributed by atoms with E-state index in [1.807, 2.05) is 0 Å². The van der Waals surface area contributed by atoms with E-state index in [1.165, 1.54) is 4.90 Å². The molecule has 0 bridgehead atoms. The number of hydrogen-bond donors (Lipinski definition) is 1. The normalized spacial score (nSPS) is 15.9. The van der Waals surface area contributed by atoms with Crippen molar-refractivity contribution in [3.63, 3.8) is 0 Å². The Bertz CT molecular complexity index is 625. The molecule has 0 spiro atoms. The number of halogens is 2. The zero-order valence-electron chi connectivity index (χ0n) is 13.2. The Morgan fingerprint density at radius 1 is 1.39 bits per heavy atom. The molecule has 1 aromatic rings. The highest BCUT2D eigenvalue weighted by molar-refractivity contribution is 9.10. The average Bonchev–Trinajstić information content (AvgIpc) is 3.20. The Morgan fingerprint density at radius 3 is 2.48 bits per heavy atom. The number of aliphatic carboxylic acids is 1. The van der Waals surface area contributed by atoms with E-state index >= 15 is 0 Å². The van der Waals surface area contributed by atoms with Gasteiger partial charge in [-0.25, -0.2) is 9.59 Å². The van der Waals surface area contributed by atoms with Crippen LogP contribution in [0, 0.1) is 0 Å². The monoisotopic (exact) mass is 403 g/mol. The summed E-state index contributed by atoms with van der Waals surface area (Å²) in [5.74, 6) is -1.12. The van der Waals surface area contributed by atoms with Gasteiger partial charge in [0.05, 0.1) is 0 Å².